The lowest BCUT2D eigenvalue weighted by atomic mass is 9.96. The molecule has 1 N–H and O–H groups in total. The number of aromatic nitrogens is 2. The number of nitrogens with zero attached hydrogens (tertiary/aromatic N) is 2. The maximum atomic E-state index is 13.2. The lowest BCUT2D eigenvalue weighted by molar-refractivity contribution is -0.286. The van der Waals surface area contributed by atoms with Crippen molar-refractivity contribution >= 4 is 0 Å². The van der Waals surface area contributed by atoms with Gasteiger partial charge in [0.15, 0.2) is 11.5 Å². The van der Waals surface area contributed by atoms with Crippen LogP contribution in [0.2, 0.25) is 0 Å². The summed E-state index contributed by atoms with van der Waals surface area (Å²) in [7, 11) is 0. The van der Waals surface area contributed by atoms with Crippen molar-refractivity contribution < 1.29 is 23.4 Å². The van der Waals surface area contributed by atoms with Gasteiger partial charge in [0.1, 0.15) is 0 Å². The average molecular weight is 308 g/mol. The van der Waals surface area contributed by atoms with Crippen LogP contribution in [0, 0.1) is 0 Å². The van der Waals surface area contributed by atoms with Crippen LogP contribution in [0.25, 0.3) is 0 Å². The molecule has 0 amide bonds. The molecule has 0 bridgehead atoms. The maximum Gasteiger partial charge on any atom is 0.586 e. The minimum Gasteiger partial charge on any atom is -0.395 e. The van der Waals surface area contributed by atoms with Gasteiger partial charge < -0.3 is 14.6 Å². The van der Waals surface area contributed by atoms with Gasteiger partial charge in [0.25, 0.3) is 0 Å². The summed E-state index contributed by atoms with van der Waals surface area (Å²) < 4.78 is 37.1. The molecule has 2 heterocycles. The Kier molecular flexibility index (Phi) is 2.87. The molecule has 1 aliphatic heterocycles. The number of para-hydroxylation sites is 1. The number of aliphatic hydroxyl groups is 1. The molecular weight excluding hydrogens is 294 g/mol. The van der Waals surface area contributed by atoms with E-state index in [0.29, 0.717) is 18.5 Å². The van der Waals surface area contributed by atoms with Crippen LogP contribution in [-0.2, 0) is 19.4 Å². The number of hydrogen-bond donors (Lipinski definition) is 1. The highest BCUT2D eigenvalue weighted by atomic mass is 19.3. The van der Waals surface area contributed by atoms with E-state index in [2.05, 4.69) is 14.6 Å². The SMILES string of the molecule is OC1CCc2cn(Cc3cccc4c3OC(F)(F)O4)nc2C1. The van der Waals surface area contributed by atoms with Crippen LogP contribution >= 0.6 is 0 Å². The van der Waals surface area contributed by atoms with E-state index < -0.39 is 6.29 Å². The fourth-order valence-electron chi connectivity index (χ4n) is 2.94. The van der Waals surface area contributed by atoms with E-state index in [-0.39, 0.29) is 17.6 Å². The fraction of sp³-hybridized carbons (Fsp3) is 0.400. The van der Waals surface area contributed by atoms with E-state index in [1.54, 1.807) is 16.8 Å². The zero-order chi connectivity index (χ0) is 15.3. The molecule has 22 heavy (non-hydrogen) atoms. The zero-order valence-corrected chi connectivity index (χ0v) is 11.6. The highest BCUT2D eigenvalue weighted by Gasteiger charge is 2.44. The first-order chi connectivity index (χ1) is 10.5. The summed E-state index contributed by atoms with van der Waals surface area (Å²) in [6.45, 7) is 0.311. The largest absolute Gasteiger partial charge is 0.586 e. The van der Waals surface area contributed by atoms with Gasteiger partial charge in [0.05, 0.1) is 18.3 Å². The number of benzene rings is 1. The minimum absolute atomic E-state index is 0.0369. The van der Waals surface area contributed by atoms with Gasteiger partial charge >= 0.3 is 6.29 Å². The van der Waals surface area contributed by atoms with Crippen molar-refractivity contribution in [1.29, 1.82) is 0 Å². The van der Waals surface area contributed by atoms with E-state index in [1.165, 1.54) is 6.07 Å². The second-order valence-corrected chi connectivity index (χ2v) is 5.61. The van der Waals surface area contributed by atoms with E-state index in [4.69, 9.17) is 0 Å². The molecule has 1 unspecified atom stereocenters. The van der Waals surface area contributed by atoms with Crippen LogP contribution in [0.3, 0.4) is 0 Å². The molecule has 0 spiro atoms. The van der Waals surface area contributed by atoms with Gasteiger partial charge in [-0.3, -0.25) is 4.68 Å². The van der Waals surface area contributed by atoms with E-state index >= 15 is 0 Å². The van der Waals surface area contributed by atoms with Crippen molar-refractivity contribution in [3.8, 4) is 11.5 Å². The summed E-state index contributed by atoms with van der Waals surface area (Å²) in [5.41, 5.74) is 2.55. The molecule has 0 saturated carbocycles. The Hall–Kier alpha value is -2.15. The van der Waals surface area contributed by atoms with E-state index in [1.807, 2.05) is 6.20 Å². The molecule has 7 heteroatoms. The average Bonchev–Trinajstić information content (AvgIpc) is 2.97. The van der Waals surface area contributed by atoms with Crippen molar-refractivity contribution in [2.24, 2.45) is 0 Å². The summed E-state index contributed by atoms with van der Waals surface area (Å²) in [5, 5.41) is 14.1. The Morgan fingerprint density at radius 2 is 2.23 bits per heavy atom. The Balaban J connectivity index is 1.62. The number of aryl methyl sites for hydroxylation is 1. The van der Waals surface area contributed by atoms with Gasteiger partial charge in [-0.25, -0.2) is 0 Å². The van der Waals surface area contributed by atoms with Gasteiger partial charge in [-0.1, -0.05) is 12.1 Å². The summed E-state index contributed by atoms with van der Waals surface area (Å²) in [5.74, 6) is 0.0934. The van der Waals surface area contributed by atoms with Crippen molar-refractivity contribution in [2.75, 3.05) is 0 Å². The van der Waals surface area contributed by atoms with Crippen molar-refractivity contribution in [3.05, 3.63) is 41.2 Å². The minimum atomic E-state index is -3.62. The van der Waals surface area contributed by atoms with Gasteiger partial charge in [0, 0.05) is 18.2 Å². The second kappa shape index (κ2) is 4.67. The van der Waals surface area contributed by atoms with Crippen LogP contribution < -0.4 is 9.47 Å². The molecule has 0 saturated heterocycles. The molecule has 2 aliphatic rings. The standard InChI is InChI=1S/C15H14F2N2O3/c16-15(17)21-13-3-1-2-10(14(13)22-15)8-19-7-9-4-5-11(20)6-12(9)18-19/h1-3,7,11,20H,4-6,8H2. The van der Waals surface area contributed by atoms with Crippen LogP contribution in [0.4, 0.5) is 8.78 Å². The molecule has 0 fully saturated rings. The predicted octanol–water partition coefficient (Wildman–Crippen LogP) is 2.10. The molecular formula is C15H14F2N2O3. The molecule has 116 valence electrons. The van der Waals surface area contributed by atoms with Gasteiger partial charge in [0.2, 0.25) is 0 Å². The Labute approximate surface area is 125 Å². The Morgan fingerprint density at radius 1 is 1.36 bits per heavy atom. The van der Waals surface area contributed by atoms with Crippen molar-refractivity contribution in [3.63, 3.8) is 0 Å². The molecule has 0 radical (unpaired) electrons. The smallest absolute Gasteiger partial charge is 0.395 e. The molecule has 1 aliphatic carbocycles. The highest BCUT2D eigenvalue weighted by molar-refractivity contribution is 5.48. The van der Waals surface area contributed by atoms with Crippen LogP contribution in [0.5, 0.6) is 11.5 Å². The number of fused-ring (bicyclic) bond motifs is 2. The first-order valence-corrected chi connectivity index (χ1v) is 7.11. The summed E-state index contributed by atoms with van der Waals surface area (Å²) in [6, 6.07) is 4.80. The highest BCUT2D eigenvalue weighted by Crippen LogP contribution is 2.43. The zero-order valence-electron chi connectivity index (χ0n) is 11.6. The van der Waals surface area contributed by atoms with Crippen LogP contribution in [-0.4, -0.2) is 27.3 Å². The number of ether oxygens (including phenoxy) is 2. The Morgan fingerprint density at radius 3 is 3.09 bits per heavy atom. The van der Waals surface area contributed by atoms with E-state index in [0.717, 1.165) is 24.1 Å². The number of hydrogen-bond acceptors (Lipinski definition) is 4. The molecule has 1 atom stereocenters. The Bertz CT molecular complexity index is 730. The van der Waals surface area contributed by atoms with Crippen molar-refractivity contribution in [1.82, 2.24) is 9.78 Å². The fourth-order valence-corrected chi connectivity index (χ4v) is 2.94. The first kappa shape index (κ1) is 13.5. The third kappa shape index (κ3) is 2.31. The second-order valence-electron chi connectivity index (χ2n) is 5.61. The van der Waals surface area contributed by atoms with Crippen LogP contribution in [0.15, 0.2) is 24.4 Å². The van der Waals surface area contributed by atoms with E-state index in [9.17, 15) is 13.9 Å². The van der Waals surface area contributed by atoms with Gasteiger partial charge in [-0.05, 0) is 24.5 Å². The number of rotatable bonds is 2. The third-order valence-corrected chi connectivity index (χ3v) is 3.94. The summed E-state index contributed by atoms with van der Waals surface area (Å²) in [6.07, 6.45) is -0.0379. The lowest BCUT2D eigenvalue weighted by Gasteiger charge is -2.14. The monoisotopic (exact) mass is 308 g/mol. The van der Waals surface area contributed by atoms with Crippen LogP contribution in [0.1, 0.15) is 23.2 Å². The summed E-state index contributed by atoms with van der Waals surface area (Å²) in [4.78, 5) is 0. The topological polar surface area (TPSA) is 56.5 Å². The van der Waals surface area contributed by atoms with Crippen molar-refractivity contribution in [2.45, 2.75) is 38.2 Å². The van der Waals surface area contributed by atoms with Gasteiger partial charge in [-0.15, -0.1) is 8.78 Å². The molecule has 1 aromatic heterocycles. The molecule has 1 aromatic carbocycles. The lowest BCUT2D eigenvalue weighted by Crippen LogP contribution is -2.26. The number of alkyl halides is 2. The quantitative estimate of drug-likeness (QED) is 0.923. The first-order valence-electron chi connectivity index (χ1n) is 7.11. The maximum absolute atomic E-state index is 13.2. The predicted molar refractivity (Wildman–Crippen MR) is 72.0 cm³/mol. The normalized spacial score (nSPS) is 21.7. The molecule has 2 aromatic rings. The third-order valence-electron chi connectivity index (χ3n) is 3.94. The molecule has 5 nitrogen and oxygen atoms in total. The summed E-state index contributed by atoms with van der Waals surface area (Å²) >= 11 is 0. The molecule has 4 rings (SSSR count). The number of halogens is 2. The number of aliphatic hydroxyl groups excluding tert-OH is 1. The van der Waals surface area contributed by atoms with Gasteiger partial charge in [-0.2, -0.15) is 5.10 Å².